The second-order valence-corrected chi connectivity index (χ2v) is 6.10. The van der Waals surface area contributed by atoms with Gasteiger partial charge in [-0.3, -0.25) is 4.79 Å². The van der Waals surface area contributed by atoms with Gasteiger partial charge < -0.3 is 21.3 Å². The van der Waals surface area contributed by atoms with E-state index in [2.05, 4.69) is 22.6 Å². The van der Waals surface area contributed by atoms with E-state index in [-0.39, 0.29) is 5.91 Å². The third-order valence-electron chi connectivity index (χ3n) is 3.24. The highest BCUT2D eigenvalue weighted by molar-refractivity contribution is 7.18. The highest BCUT2D eigenvalue weighted by Crippen LogP contribution is 2.30. The summed E-state index contributed by atoms with van der Waals surface area (Å²) in [5.74, 6) is -0.0686. The number of hydrogen-bond acceptors (Lipinski definition) is 5. The van der Waals surface area contributed by atoms with Crippen molar-refractivity contribution in [3.8, 4) is 0 Å². The summed E-state index contributed by atoms with van der Waals surface area (Å²) in [6.45, 7) is 4.87. The van der Waals surface area contributed by atoms with Crippen molar-refractivity contribution in [3.05, 3.63) is 10.9 Å². The second kappa shape index (κ2) is 6.25. The van der Waals surface area contributed by atoms with Gasteiger partial charge in [0.15, 0.2) is 0 Å². The number of likely N-dealkylation sites (tertiary alicyclic amines) is 1. The molecular weight excluding hydrogens is 260 g/mol. The van der Waals surface area contributed by atoms with E-state index in [1.807, 2.05) is 13.0 Å². The first-order chi connectivity index (χ1) is 9.10. The van der Waals surface area contributed by atoms with Gasteiger partial charge in [0.1, 0.15) is 4.88 Å². The normalized spacial score (nSPS) is 19.6. The lowest BCUT2D eigenvalue weighted by atomic mass is 10.2. The van der Waals surface area contributed by atoms with Crippen LogP contribution < -0.4 is 16.4 Å². The molecule has 5 nitrogen and oxygen atoms in total. The van der Waals surface area contributed by atoms with Crippen LogP contribution in [-0.4, -0.2) is 43.5 Å². The van der Waals surface area contributed by atoms with E-state index in [9.17, 15) is 4.79 Å². The monoisotopic (exact) mass is 282 g/mol. The van der Waals surface area contributed by atoms with Crippen LogP contribution in [0, 0.1) is 0 Å². The van der Waals surface area contributed by atoms with Crippen LogP contribution in [0.25, 0.3) is 0 Å². The van der Waals surface area contributed by atoms with Gasteiger partial charge in [0, 0.05) is 19.1 Å². The van der Waals surface area contributed by atoms with E-state index >= 15 is 0 Å². The Labute approximate surface area is 118 Å². The SMILES string of the molecule is CCCNC(=O)c1sc(NC2CCN(C)C2)cc1N. The summed E-state index contributed by atoms with van der Waals surface area (Å²) in [6, 6.07) is 2.32. The fourth-order valence-corrected chi connectivity index (χ4v) is 3.20. The Kier molecular flexibility index (Phi) is 4.66. The lowest BCUT2D eigenvalue weighted by Crippen LogP contribution is -2.23. The van der Waals surface area contributed by atoms with Crippen LogP contribution in [0.5, 0.6) is 0 Å². The first-order valence-corrected chi connectivity index (χ1v) is 7.54. The molecule has 2 heterocycles. The summed E-state index contributed by atoms with van der Waals surface area (Å²) in [6.07, 6.45) is 2.06. The Balaban J connectivity index is 1.98. The molecule has 1 aromatic heterocycles. The van der Waals surface area contributed by atoms with Crippen molar-refractivity contribution in [1.82, 2.24) is 10.2 Å². The second-order valence-electron chi connectivity index (χ2n) is 5.04. The van der Waals surface area contributed by atoms with Gasteiger partial charge in [0.2, 0.25) is 0 Å². The van der Waals surface area contributed by atoms with Gasteiger partial charge >= 0.3 is 0 Å². The topological polar surface area (TPSA) is 70.4 Å². The Hall–Kier alpha value is -1.27. The van der Waals surface area contributed by atoms with Gasteiger partial charge in [-0.1, -0.05) is 6.92 Å². The van der Waals surface area contributed by atoms with Crippen LogP contribution in [0.3, 0.4) is 0 Å². The van der Waals surface area contributed by atoms with Crippen LogP contribution in [-0.2, 0) is 0 Å². The van der Waals surface area contributed by atoms with E-state index in [1.54, 1.807) is 0 Å². The molecule has 0 radical (unpaired) electrons. The predicted molar refractivity (Wildman–Crippen MR) is 80.9 cm³/mol. The van der Waals surface area contributed by atoms with Crippen molar-refractivity contribution < 1.29 is 4.79 Å². The zero-order chi connectivity index (χ0) is 13.8. The standard InChI is InChI=1S/C13H22N4OS/c1-3-5-15-13(18)12-10(14)7-11(19-12)16-9-4-6-17(2)8-9/h7,9,16H,3-6,8,14H2,1-2H3,(H,15,18). The van der Waals surface area contributed by atoms with Gasteiger partial charge in [-0.15, -0.1) is 11.3 Å². The molecule has 0 bridgehead atoms. The van der Waals surface area contributed by atoms with Crippen molar-refractivity contribution in [2.75, 3.05) is 37.7 Å². The minimum atomic E-state index is -0.0686. The van der Waals surface area contributed by atoms with Crippen molar-refractivity contribution in [1.29, 1.82) is 0 Å². The minimum Gasteiger partial charge on any atom is -0.397 e. The summed E-state index contributed by atoms with van der Waals surface area (Å²) < 4.78 is 0. The van der Waals surface area contributed by atoms with Gasteiger partial charge in [-0.25, -0.2) is 0 Å². The quantitative estimate of drug-likeness (QED) is 0.767. The smallest absolute Gasteiger partial charge is 0.263 e. The van der Waals surface area contributed by atoms with E-state index in [0.717, 1.165) is 30.9 Å². The van der Waals surface area contributed by atoms with E-state index in [1.165, 1.54) is 11.3 Å². The third-order valence-corrected chi connectivity index (χ3v) is 4.32. The molecule has 1 unspecified atom stereocenters. The van der Waals surface area contributed by atoms with Crippen LogP contribution in [0.4, 0.5) is 10.7 Å². The molecule has 1 atom stereocenters. The number of anilines is 2. The summed E-state index contributed by atoms with van der Waals surface area (Å²) in [7, 11) is 2.12. The molecule has 0 spiro atoms. The lowest BCUT2D eigenvalue weighted by molar-refractivity contribution is 0.0958. The van der Waals surface area contributed by atoms with Gasteiger partial charge in [0.05, 0.1) is 10.7 Å². The summed E-state index contributed by atoms with van der Waals surface area (Å²) in [5.41, 5.74) is 6.48. The molecule has 0 aliphatic carbocycles. The average molecular weight is 282 g/mol. The number of thiophene rings is 1. The van der Waals surface area contributed by atoms with Crippen LogP contribution >= 0.6 is 11.3 Å². The number of nitrogens with two attached hydrogens (primary N) is 1. The predicted octanol–water partition coefficient (Wildman–Crippen LogP) is 1.59. The third kappa shape index (κ3) is 3.61. The fourth-order valence-electron chi connectivity index (χ4n) is 2.23. The summed E-state index contributed by atoms with van der Waals surface area (Å²) in [4.78, 5) is 14.8. The number of carbonyl (C=O) groups is 1. The maximum Gasteiger partial charge on any atom is 0.263 e. The van der Waals surface area contributed by atoms with Crippen LogP contribution in [0.1, 0.15) is 29.4 Å². The highest BCUT2D eigenvalue weighted by atomic mass is 32.1. The van der Waals surface area contributed by atoms with E-state index < -0.39 is 0 Å². The molecule has 4 N–H and O–H groups in total. The molecule has 2 rings (SSSR count). The van der Waals surface area contributed by atoms with Crippen LogP contribution in [0.2, 0.25) is 0 Å². The number of nitrogens with zero attached hydrogens (tertiary/aromatic N) is 1. The molecule has 1 aliphatic rings. The first kappa shape index (κ1) is 14.1. The molecule has 106 valence electrons. The molecular formula is C13H22N4OS. The molecule has 19 heavy (non-hydrogen) atoms. The molecule has 6 heteroatoms. The highest BCUT2D eigenvalue weighted by Gasteiger charge is 2.21. The van der Waals surface area contributed by atoms with Crippen molar-refractivity contribution in [2.45, 2.75) is 25.8 Å². The largest absolute Gasteiger partial charge is 0.397 e. The van der Waals surface area contributed by atoms with Crippen molar-refractivity contribution in [3.63, 3.8) is 0 Å². The van der Waals surface area contributed by atoms with Crippen molar-refractivity contribution >= 4 is 27.9 Å². The lowest BCUT2D eigenvalue weighted by Gasteiger charge is -2.11. The number of carbonyl (C=O) groups excluding carboxylic acids is 1. The molecule has 1 fully saturated rings. The summed E-state index contributed by atoms with van der Waals surface area (Å²) in [5, 5.41) is 7.30. The number of rotatable bonds is 5. The Morgan fingerprint density at radius 1 is 1.63 bits per heavy atom. The Morgan fingerprint density at radius 2 is 2.42 bits per heavy atom. The number of hydrogen-bond donors (Lipinski definition) is 3. The van der Waals surface area contributed by atoms with E-state index in [4.69, 9.17) is 5.73 Å². The first-order valence-electron chi connectivity index (χ1n) is 6.72. The van der Waals surface area contributed by atoms with E-state index in [0.29, 0.717) is 23.2 Å². The Morgan fingerprint density at radius 3 is 3.05 bits per heavy atom. The Bertz CT molecular complexity index is 446. The van der Waals surface area contributed by atoms with Crippen LogP contribution in [0.15, 0.2) is 6.07 Å². The zero-order valence-corrected chi connectivity index (χ0v) is 12.3. The van der Waals surface area contributed by atoms with Crippen molar-refractivity contribution in [2.24, 2.45) is 0 Å². The fraction of sp³-hybridized carbons (Fsp3) is 0.615. The number of nitrogen functional groups attached to an aromatic ring is 1. The maximum absolute atomic E-state index is 11.9. The van der Waals surface area contributed by atoms with Gasteiger partial charge in [-0.2, -0.15) is 0 Å². The molecule has 1 saturated heterocycles. The molecule has 0 saturated carbocycles. The van der Waals surface area contributed by atoms with Gasteiger partial charge in [0.25, 0.3) is 5.91 Å². The zero-order valence-electron chi connectivity index (χ0n) is 11.5. The average Bonchev–Trinajstić information content (AvgIpc) is 2.93. The number of amides is 1. The summed E-state index contributed by atoms with van der Waals surface area (Å²) >= 11 is 1.44. The number of likely N-dealkylation sites (N-methyl/N-ethyl adjacent to an activating group) is 1. The van der Waals surface area contributed by atoms with Gasteiger partial charge in [-0.05, 0) is 32.5 Å². The number of nitrogens with one attached hydrogen (secondary N) is 2. The maximum atomic E-state index is 11.9. The molecule has 1 aromatic rings. The molecule has 1 aliphatic heterocycles. The molecule has 1 amide bonds. The molecule has 0 aromatic carbocycles. The minimum absolute atomic E-state index is 0.0686.